The molecule has 0 saturated heterocycles. The minimum Gasteiger partial charge on any atom is -0.444 e. The summed E-state index contributed by atoms with van der Waals surface area (Å²) >= 11 is 0. The van der Waals surface area contributed by atoms with Crippen LogP contribution >= 0.6 is 0 Å². The van der Waals surface area contributed by atoms with Crippen LogP contribution in [0.4, 0.5) is 9.18 Å². The fourth-order valence-corrected chi connectivity index (χ4v) is 2.07. The maximum absolute atomic E-state index is 12.8. The zero-order valence-electron chi connectivity index (χ0n) is 16.1. The Morgan fingerprint density at radius 2 is 1.56 bits per heavy atom. The van der Waals surface area contributed by atoms with Gasteiger partial charge in [-0.1, -0.05) is 12.1 Å². The number of carbonyl (C=O) groups excluding carboxylic acids is 3. The molecule has 0 saturated carbocycles. The summed E-state index contributed by atoms with van der Waals surface area (Å²) in [4.78, 5) is 34.8. The van der Waals surface area contributed by atoms with Crippen LogP contribution < -0.4 is 16.0 Å². The summed E-state index contributed by atoms with van der Waals surface area (Å²) in [7, 11) is 0. The summed E-state index contributed by atoms with van der Waals surface area (Å²) in [6, 6.07) is 6.05. The molecule has 1 rings (SSSR count). The molecule has 1 aromatic rings. The largest absolute Gasteiger partial charge is 0.444 e. The fraction of sp³-hybridized carbons (Fsp3) is 0.526. The molecule has 0 atom stereocenters. The lowest BCUT2D eigenvalue weighted by atomic mass is 10.1. The van der Waals surface area contributed by atoms with Gasteiger partial charge in [0.2, 0.25) is 11.8 Å². The van der Waals surface area contributed by atoms with Crippen LogP contribution in [-0.4, -0.2) is 43.1 Å². The van der Waals surface area contributed by atoms with Crippen molar-refractivity contribution in [3.63, 3.8) is 0 Å². The van der Waals surface area contributed by atoms with Gasteiger partial charge in [0.1, 0.15) is 11.4 Å². The first-order valence-corrected chi connectivity index (χ1v) is 8.90. The lowest BCUT2D eigenvalue weighted by Crippen LogP contribution is -2.40. The highest BCUT2D eigenvalue weighted by Crippen LogP contribution is 2.06. The fourth-order valence-electron chi connectivity index (χ4n) is 2.07. The Balaban J connectivity index is 2.05. The third kappa shape index (κ3) is 11.6. The molecule has 7 nitrogen and oxygen atoms in total. The van der Waals surface area contributed by atoms with E-state index in [4.69, 9.17) is 4.74 Å². The predicted molar refractivity (Wildman–Crippen MR) is 99.6 cm³/mol. The van der Waals surface area contributed by atoms with Gasteiger partial charge < -0.3 is 20.7 Å². The number of nitrogens with one attached hydrogen (secondary N) is 3. The van der Waals surface area contributed by atoms with E-state index in [-0.39, 0.29) is 24.2 Å². The van der Waals surface area contributed by atoms with Gasteiger partial charge in [-0.15, -0.1) is 0 Å². The Bertz CT molecular complexity index is 627. The van der Waals surface area contributed by atoms with Crippen molar-refractivity contribution in [1.29, 1.82) is 0 Å². The molecule has 0 unspecified atom stereocenters. The highest BCUT2D eigenvalue weighted by molar-refractivity contribution is 5.82. The van der Waals surface area contributed by atoms with E-state index in [9.17, 15) is 18.8 Å². The first-order chi connectivity index (χ1) is 12.7. The molecule has 3 N–H and O–H groups in total. The van der Waals surface area contributed by atoms with E-state index in [1.807, 2.05) is 0 Å². The number of aryl methyl sites for hydroxylation is 1. The highest BCUT2D eigenvalue weighted by atomic mass is 19.1. The number of amides is 3. The molecule has 0 fully saturated rings. The molecule has 150 valence electrons. The number of carbonyl (C=O) groups is 3. The number of rotatable bonds is 9. The van der Waals surface area contributed by atoms with Gasteiger partial charge in [-0.2, -0.15) is 0 Å². The normalized spacial score (nSPS) is 10.8. The molecule has 8 heteroatoms. The highest BCUT2D eigenvalue weighted by Gasteiger charge is 2.16. The second-order valence-corrected chi connectivity index (χ2v) is 7.04. The van der Waals surface area contributed by atoms with E-state index in [0.717, 1.165) is 5.56 Å². The number of hydrogen-bond acceptors (Lipinski definition) is 4. The van der Waals surface area contributed by atoms with Crippen LogP contribution in [0.2, 0.25) is 0 Å². The monoisotopic (exact) mass is 381 g/mol. The molecule has 0 spiro atoms. The molecule has 0 aliphatic heterocycles. The lowest BCUT2D eigenvalue weighted by molar-refractivity contribution is -0.121. The van der Waals surface area contributed by atoms with E-state index < -0.39 is 11.7 Å². The summed E-state index contributed by atoms with van der Waals surface area (Å²) in [6.07, 6.45) is 0.781. The lowest BCUT2D eigenvalue weighted by Gasteiger charge is -2.19. The molecule has 0 heterocycles. The van der Waals surface area contributed by atoms with E-state index in [1.54, 1.807) is 32.9 Å². The maximum atomic E-state index is 12.8. The van der Waals surface area contributed by atoms with E-state index in [1.165, 1.54) is 12.1 Å². The molecule has 0 aliphatic carbocycles. The van der Waals surface area contributed by atoms with Crippen LogP contribution in [0.5, 0.6) is 0 Å². The van der Waals surface area contributed by atoms with Gasteiger partial charge in [-0.3, -0.25) is 9.59 Å². The molecule has 3 amide bonds. The molecule has 0 aliphatic rings. The van der Waals surface area contributed by atoms with Gasteiger partial charge in [0.15, 0.2) is 0 Å². The van der Waals surface area contributed by atoms with Crippen molar-refractivity contribution < 1.29 is 23.5 Å². The van der Waals surface area contributed by atoms with Crippen LogP contribution in [0.15, 0.2) is 24.3 Å². The average Bonchev–Trinajstić information content (AvgIpc) is 2.57. The minimum atomic E-state index is -0.647. The van der Waals surface area contributed by atoms with Crippen molar-refractivity contribution in [3.8, 4) is 0 Å². The summed E-state index contributed by atoms with van der Waals surface area (Å²) < 4.78 is 17.8. The summed E-state index contributed by atoms with van der Waals surface area (Å²) in [5, 5.41) is 7.77. The van der Waals surface area contributed by atoms with Crippen molar-refractivity contribution in [2.75, 3.05) is 19.6 Å². The molecule has 27 heavy (non-hydrogen) atoms. The Morgan fingerprint density at radius 1 is 0.963 bits per heavy atom. The maximum Gasteiger partial charge on any atom is 0.408 e. The van der Waals surface area contributed by atoms with Crippen LogP contribution in [0.3, 0.4) is 0 Å². The number of benzene rings is 1. The van der Waals surface area contributed by atoms with Crippen LogP contribution in [0, 0.1) is 5.82 Å². The zero-order valence-corrected chi connectivity index (χ0v) is 16.1. The second kappa shape index (κ2) is 11.2. The number of alkyl carbamates (subject to hydrolysis) is 1. The SMILES string of the molecule is CC(C)(C)OC(=O)NCC(=O)NCCCNC(=O)CCc1ccc(F)cc1. The topological polar surface area (TPSA) is 96.5 Å². The molecule has 0 aromatic heterocycles. The van der Waals surface area contributed by atoms with Crippen LogP contribution in [-0.2, 0) is 20.7 Å². The zero-order chi connectivity index (χ0) is 20.3. The standard InChI is InChI=1S/C19H28FN3O4/c1-19(2,3)27-18(26)23-13-17(25)22-12-4-11-21-16(24)10-7-14-5-8-15(20)9-6-14/h5-6,8-9H,4,7,10-13H2,1-3H3,(H,21,24)(H,22,25)(H,23,26). The van der Waals surface area contributed by atoms with Crippen molar-refractivity contribution in [1.82, 2.24) is 16.0 Å². The Labute approximate surface area is 159 Å². The quantitative estimate of drug-likeness (QED) is 0.569. The molecule has 0 bridgehead atoms. The second-order valence-electron chi connectivity index (χ2n) is 7.04. The molecular weight excluding hydrogens is 353 g/mol. The van der Waals surface area contributed by atoms with Crippen LogP contribution in [0.25, 0.3) is 0 Å². The van der Waals surface area contributed by atoms with Gasteiger partial charge in [0, 0.05) is 19.5 Å². The van der Waals surface area contributed by atoms with E-state index in [0.29, 0.717) is 32.4 Å². The van der Waals surface area contributed by atoms with Crippen molar-refractivity contribution in [2.45, 2.75) is 45.6 Å². The smallest absolute Gasteiger partial charge is 0.408 e. The Morgan fingerprint density at radius 3 is 2.15 bits per heavy atom. The van der Waals surface area contributed by atoms with Crippen LogP contribution in [0.1, 0.15) is 39.2 Å². The summed E-state index contributed by atoms with van der Waals surface area (Å²) in [5.74, 6) is -0.729. The summed E-state index contributed by atoms with van der Waals surface area (Å²) in [6.45, 7) is 5.86. The van der Waals surface area contributed by atoms with Gasteiger partial charge in [0.05, 0.1) is 6.54 Å². The van der Waals surface area contributed by atoms with Gasteiger partial charge in [0.25, 0.3) is 0 Å². The third-order valence-corrected chi connectivity index (χ3v) is 3.34. The third-order valence-electron chi connectivity index (χ3n) is 3.34. The minimum absolute atomic E-state index is 0.0998. The van der Waals surface area contributed by atoms with E-state index >= 15 is 0 Å². The number of hydrogen-bond donors (Lipinski definition) is 3. The van der Waals surface area contributed by atoms with Crippen molar-refractivity contribution in [2.24, 2.45) is 0 Å². The first kappa shape index (κ1) is 22.4. The van der Waals surface area contributed by atoms with Crippen molar-refractivity contribution in [3.05, 3.63) is 35.6 Å². The van der Waals surface area contributed by atoms with Gasteiger partial charge in [-0.05, 0) is 51.3 Å². The first-order valence-electron chi connectivity index (χ1n) is 8.90. The number of halogens is 1. The molecule has 0 radical (unpaired) electrons. The Kier molecular flexibility index (Phi) is 9.25. The van der Waals surface area contributed by atoms with Gasteiger partial charge >= 0.3 is 6.09 Å². The summed E-state index contributed by atoms with van der Waals surface area (Å²) in [5.41, 5.74) is 0.284. The number of ether oxygens (including phenoxy) is 1. The average molecular weight is 381 g/mol. The molecule has 1 aromatic carbocycles. The predicted octanol–water partition coefficient (Wildman–Crippen LogP) is 1.91. The Hall–Kier alpha value is -2.64. The van der Waals surface area contributed by atoms with E-state index in [2.05, 4.69) is 16.0 Å². The molecular formula is C19H28FN3O4. The van der Waals surface area contributed by atoms with Crippen molar-refractivity contribution >= 4 is 17.9 Å². The van der Waals surface area contributed by atoms with Gasteiger partial charge in [-0.25, -0.2) is 9.18 Å².